The number of nitrogen functional groups attached to an aromatic ring is 1. The Hall–Kier alpha value is -4.00. The van der Waals surface area contributed by atoms with Gasteiger partial charge in [-0.2, -0.15) is 0 Å². The number of carbonyl (C=O) groups excluding carboxylic acids is 1. The van der Waals surface area contributed by atoms with Crippen LogP contribution in [0.2, 0.25) is 0 Å². The zero-order valence-corrected chi connectivity index (χ0v) is 18.9. The maximum atomic E-state index is 12.5. The number of anilines is 4. The number of nitrogens with zero attached hydrogens (tertiary/aromatic N) is 1. The molecular weight excluding hydrogens is 404 g/mol. The quantitative estimate of drug-likeness (QED) is 0.359. The molecular formula is C25H28N4O3. The summed E-state index contributed by atoms with van der Waals surface area (Å²) in [6.07, 6.45) is 4.85. The second-order valence-corrected chi connectivity index (χ2v) is 7.46. The van der Waals surface area contributed by atoms with Gasteiger partial charge in [-0.1, -0.05) is 6.07 Å². The number of aromatic nitrogens is 1. The number of amides is 1. The Labute approximate surface area is 188 Å². The van der Waals surface area contributed by atoms with E-state index in [9.17, 15) is 4.79 Å². The summed E-state index contributed by atoms with van der Waals surface area (Å²) in [6.45, 7) is 5.82. The third-order valence-electron chi connectivity index (χ3n) is 4.94. The Morgan fingerprint density at radius 3 is 2.53 bits per heavy atom. The molecule has 7 heteroatoms. The molecule has 32 heavy (non-hydrogen) atoms. The molecule has 4 N–H and O–H groups in total. The molecule has 0 saturated carbocycles. The maximum Gasteiger partial charge on any atom is 0.248 e. The number of methoxy groups -OCH3 is 2. The van der Waals surface area contributed by atoms with Gasteiger partial charge in [0.2, 0.25) is 5.91 Å². The molecule has 0 fully saturated rings. The highest BCUT2D eigenvalue weighted by molar-refractivity contribution is 6.04. The Bertz CT molecular complexity index is 1150. The second kappa shape index (κ2) is 9.87. The number of aryl methyl sites for hydroxylation is 3. The lowest BCUT2D eigenvalue weighted by Crippen LogP contribution is -2.11. The smallest absolute Gasteiger partial charge is 0.248 e. The minimum absolute atomic E-state index is 0.277. The normalized spacial score (nSPS) is 10.8. The van der Waals surface area contributed by atoms with E-state index in [1.807, 2.05) is 57.2 Å². The van der Waals surface area contributed by atoms with Crippen LogP contribution in [0.5, 0.6) is 11.5 Å². The average molecular weight is 433 g/mol. The van der Waals surface area contributed by atoms with Gasteiger partial charge in [0, 0.05) is 29.6 Å². The number of carbonyl (C=O) groups is 1. The Balaban J connectivity index is 1.81. The first kappa shape index (κ1) is 22.7. The Kier molecular flexibility index (Phi) is 7.00. The van der Waals surface area contributed by atoms with Crippen molar-refractivity contribution in [1.82, 2.24) is 4.98 Å². The first-order valence-corrected chi connectivity index (χ1v) is 10.1. The van der Waals surface area contributed by atoms with Crippen molar-refractivity contribution in [2.75, 3.05) is 30.6 Å². The van der Waals surface area contributed by atoms with E-state index in [1.165, 1.54) is 6.08 Å². The number of hydrogen-bond acceptors (Lipinski definition) is 6. The zero-order valence-electron chi connectivity index (χ0n) is 18.9. The highest BCUT2D eigenvalue weighted by atomic mass is 16.5. The van der Waals surface area contributed by atoms with Crippen LogP contribution < -0.4 is 25.8 Å². The van der Waals surface area contributed by atoms with Gasteiger partial charge >= 0.3 is 0 Å². The summed E-state index contributed by atoms with van der Waals surface area (Å²) in [4.78, 5) is 16.9. The van der Waals surface area contributed by atoms with Gasteiger partial charge < -0.3 is 25.8 Å². The highest BCUT2D eigenvalue weighted by Crippen LogP contribution is 2.35. The predicted molar refractivity (Wildman–Crippen MR) is 130 cm³/mol. The fourth-order valence-electron chi connectivity index (χ4n) is 3.52. The third kappa shape index (κ3) is 5.18. The number of hydrogen-bond donors (Lipinski definition) is 3. The summed E-state index contributed by atoms with van der Waals surface area (Å²) in [5.41, 5.74) is 11.7. The summed E-state index contributed by atoms with van der Waals surface area (Å²) in [7, 11) is 3.20. The van der Waals surface area contributed by atoms with E-state index < -0.39 is 0 Å². The molecule has 0 aliphatic heterocycles. The largest absolute Gasteiger partial charge is 0.493 e. The molecule has 0 spiro atoms. The first-order valence-electron chi connectivity index (χ1n) is 10.1. The van der Waals surface area contributed by atoms with Crippen molar-refractivity contribution < 1.29 is 14.3 Å². The summed E-state index contributed by atoms with van der Waals surface area (Å²) in [6, 6.07) is 11.3. The summed E-state index contributed by atoms with van der Waals surface area (Å²) < 4.78 is 10.8. The van der Waals surface area contributed by atoms with Gasteiger partial charge in [0.1, 0.15) is 5.82 Å². The van der Waals surface area contributed by atoms with Crippen LogP contribution in [0.4, 0.5) is 22.9 Å². The Morgan fingerprint density at radius 1 is 1.06 bits per heavy atom. The lowest BCUT2D eigenvalue weighted by molar-refractivity contribution is -0.111. The van der Waals surface area contributed by atoms with Gasteiger partial charge in [0.05, 0.1) is 25.6 Å². The molecule has 1 amide bonds. The lowest BCUT2D eigenvalue weighted by atomic mass is 10.1. The fourth-order valence-corrected chi connectivity index (χ4v) is 3.52. The van der Waals surface area contributed by atoms with Crippen LogP contribution in [-0.4, -0.2) is 25.1 Å². The Morgan fingerprint density at radius 2 is 1.84 bits per heavy atom. The standard InChI is InChI=1S/C25H28N4O3/c1-15-11-16(2)23(20(26)12-15)29-22(30)9-8-18-7-6-10-27-25(18)28-19-13-17(3)24(32-5)21(14-19)31-4/h6-14H,26H2,1-5H3,(H,27,28)(H,29,30)/b9-8+. The molecule has 166 valence electrons. The number of pyridine rings is 1. The van der Waals surface area contributed by atoms with Gasteiger partial charge in [0.15, 0.2) is 11.5 Å². The molecule has 3 rings (SSSR count). The van der Waals surface area contributed by atoms with E-state index in [0.717, 1.165) is 27.9 Å². The van der Waals surface area contributed by atoms with Crippen molar-refractivity contribution in [3.8, 4) is 11.5 Å². The van der Waals surface area contributed by atoms with Crippen molar-refractivity contribution in [2.45, 2.75) is 20.8 Å². The van der Waals surface area contributed by atoms with E-state index >= 15 is 0 Å². The minimum atomic E-state index is -0.277. The van der Waals surface area contributed by atoms with E-state index in [0.29, 0.717) is 28.7 Å². The molecule has 0 unspecified atom stereocenters. The van der Waals surface area contributed by atoms with Crippen molar-refractivity contribution in [3.63, 3.8) is 0 Å². The molecule has 0 atom stereocenters. The molecule has 2 aromatic carbocycles. The molecule has 3 aromatic rings. The first-order chi connectivity index (χ1) is 15.3. The van der Waals surface area contributed by atoms with Crippen molar-refractivity contribution in [2.24, 2.45) is 0 Å². The van der Waals surface area contributed by atoms with E-state index in [-0.39, 0.29) is 5.91 Å². The topological polar surface area (TPSA) is 98.5 Å². The molecule has 0 bridgehead atoms. The molecule has 0 saturated heterocycles. The van der Waals surface area contributed by atoms with Crippen LogP contribution in [0.15, 0.2) is 48.7 Å². The number of rotatable bonds is 7. The van der Waals surface area contributed by atoms with Gasteiger partial charge in [-0.3, -0.25) is 4.79 Å². The second-order valence-electron chi connectivity index (χ2n) is 7.46. The van der Waals surface area contributed by atoms with E-state index in [2.05, 4.69) is 15.6 Å². The summed E-state index contributed by atoms with van der Waals surface area (Å²) in [5, 5.41) is 6.15. The molecule has 0 radical (unpaired) electrons. The van der Waals surface area contributed by atoms with Crippen LogP contribution in [0.25, 0.3) is 6.08 Å². The van der Waals surface area contributed by atoms with Gasteiger partial charge in [-0.25, -0.2) is 4.98 Å². The van der Waals surface area contributed by atoms with Crippen LogP contribution in [0, 0.1) is 20.8 Å². The van der Waals surface area contributed by atoms with E-state index in [4.69, 9.17) is 15.2 Å². The molecule has 0 aliphatic carbocycles. The minimum Gasteiger partial charge on any atom is -0.493 e. The predicted octanol–water partition coefficient (Wildman–Crippen LogP) is 5.00. The van der Waals surface area contributed by atoms with E-state index in [1.54, 1.807) is 26.5 Å². The van der Waals surface area contributed by atoms with Gasteiger partial charge in [-0.05, 0) is 67.8 Å². The third-order valence-corrected chi connectivity index (χ3v) is 4.94. The number of nitrogens with one attached hydrogen (secondary N) is 2. The monoisotopic (exact) mass is 432 g/mol. The number of nitrogens with two attached hydrogens (primary N) is 1. The van der Waals surface area contributed by atoms with Crippen LogP contribution >= 0.6 is 0 Å². The summed E-state index contributed by atoms with van der Waals surface area (Å²) in [5.74, 6) is 1.63. The molecule has 7 nitrogen and oxygen atoms in total. The van der Waals surface area contributed by atoms with Gasteiger partial charge in [-0.15, -0.1) is 0 Å². The number of ether oxygens (including phenoxy) is 2. The highest BCUT2D eigenvalue weighted by Gasteiger charge is 2.11. The van der Waals surface area contributed by atoms with Crippen molar-refractivity contribution in [3.05, 3.63) is 70.9 Å². The van der Waals surface area contributed by atoms with Crippen LogP contribution in [0.1, 0.15) is 22.3 Å². The van der Waals surface area contributed by atoms with Crippen LogP contribution in [0.3, 0.4) is 0 Å². The molecule has 1 heterocycles. The molecule has 0 aliphatic rings. The SMILES string of the molecule is COc1cc(Nc2ncccc2/C=C/C(=O)Nc2c(C)cc(C)cc2N)cc(C)c1OC. The lowest BCUT2D eigenvalue weighted by Gasteiger charge is -2.14. The summed E-state index contributed by atoms with van der Waals surface area (Å²) >= 11 is 0. The van der Waals surface area contributed by atoms with Crippen LogP contribution in [-0.2, 0) is 4.79 Å². The van der Waals surface area contributed by atoms with Gasteiger partial charge in [0.25, 0.3) is 0 Å². The maximum absolute atomic E-state index is 12.5. The fraction of sp³-hybridized carbons (Fsp3) is 0.200. The zero-order chi connectivity index (χ0) is 23.3. The van der Waals surface area contributed by atoms with Crippen molar-refractivity contribution >= 4 is 34.9 Å². The average Bonchev–Trinajstić information content (AvgIpc) is 2.75. The number of benzene rings is 2. The molecule has 1 aromatic heterocycles. The van der Waals surface area contributed by atoms with Crippen molar-refractivity contribution in [1.29, 1.82) is 0 Å².